The number of phenols is 1. The highest BCUT2D eigenvalue weighted by atomic mass is 32.2. The normalized spacial score (nSPS) is 19.5. The minimum Gasteiger partial charge on any atom is -0.508 e. The van der Waals surface area contributed by atoms with E-state index in [9.17, 15) is 18.3 Å². The van der Waals surface area contributed by atoms with Crippen molar-refractivity contribution in [3.63, 3.8) is 0 Å². The molecular weight excluding hydrogens is 394 g/mol. The van der Waals surface area contributed by atoms with Crippen LogP contribution in [-0.2, 0) is 16.4 Å². The predicted molar refractivity (Wildman–Crippen MR) is 108 cm³/mol. The van der Waals surface area contributed by atoms with Crippen LogP contribution in [0, 0.1) is 0 Å². The monoisotopic (exact) mass is 418 g/mol. The van der Waals surface area contributed by atoms with Gasteiger partial charge in [-0.05, 0) is 68.1 Å². The second-order valence-electron chi connectivity index (χ2n) is 7.36. The van der Waals surface area contributed by atoms with E-state index in [1.807, 2.05) is 0 Å². The van der Waals surface area contributed by atoms with E-state index in [4.69, 9.17) is 4.74 Å². The Morgan fingerprint density at radius 3 is 2.86 bits per heavy atom. The van der Waals surface area contributed by atoms with Crippen LogP contribution in [0.5, 0.6) is 11.5 Å². The maximum absolute atomic E-state index is 12.5. The number of phenolic OH excluding ortho intramolecular Hbond substituents is 1. The second-order valence-corrected chi connectivity index (χ2v) is 9.19. The predicted octanol–water partition coefficient (Wildman–Crippen LogP) is 2.30. The molecule has 0 saturated carbocycles. The SMILES string of the molecule is O=C1c2ccccc2S(=O)(=O)N1CCCCNC[C@H]1C[14CH2]c2cc(O)ccc2O1. The molecule has 0 radical (unpaired) electrons. The number of carbonyl (C=O) groups is 1. The molecule has 0 bridgehead atoms. The highest BCUT2D eigenvalue weighted by Crippen LogP contribution is 2.31. The van der Waals surface area contributed by atoms with E-state index in [-0.39, 0.29) is 28.9 Å². The molecule has 0 aromatic heterocycles. The van der Waals surface area contributed by atoms with Crippen LogP contribution in [0.25, 0.3) is 0 Å². The zero-order valence-corrected chi connectivity index (χ0v) is 16.8. The number of sulfonamides is 1. The summed E-state index contributed by atoms with van der Waals surface area (Å²) < 4.78 is 31.9. The molecule has 8 heteroatoms. The highest BCUT2D eigenvalue weighted by molar-refractivity contribution is 7.90. The summed E-state index contributed by atoms with van der Waals surface area (Å²) in [6.07, 6.45) is 3.17. The molecule has 2 heterocycles. The fraction of sp³-hybridized carbons (Fsp3) is 0.381. The van der Waals surface area contributed by atoms with Crippen LogP contribution in [0.4, 0.5) is 0 Å². The van der Waals surface area contributed by atoms with E-state index in [2.05, 4.69) is 5.32 Å². The largest absolute Gasteiger partial charge is 0.508 e. The number of hydrogen-bond acceptors (Lipinski definition) is 6. The zero-order chi connectivity index (χ0) is 20.4. The lowest BCUT2D eigenvalue weighted by atomic mass is 10.2. The maximum Gasteiger partial charge on any atom is 0.269 e. The van der Waals surface area contributed by atoms with Crippen LogP contribution in [0.1, 0.15) is 35.2 Å². The van der Waals surface area contributed by atoms with Crippen molar-refractivity contribution in [3.8, 4) is 11.5 Å². The van der Waals surface area contributed by atoms with Crippen molar-refractivity contribution in [2.45, 2.75) is 36.7 Å². The average molecular weight is 418 g/mol. The van der Waals surface area contributed by atoms with Crippen molar-refractivity contribution >= 4 is 15.9 Å². The summed E-state index contributed by atoms with van der Waals surface area (Å²) in [5.74, 6) is 0.637. The van der Waals surface area contributed by atoms with Gasteiger partial charge in [-0.1, -0.05) is 12.1 Å². The molecule has 7 nitrogen and oxygen atoms in total. The molecule has 2 N–H and O–H groups in total. The molecule has 0 unspecified atom stereocenters. The van der Waals surface area contributed by atoms with Gasteiger partial charge in [0.05, 0.1) is 5.56 Å². The smallest absolute Gasteiger partial charge is 0.269 e. The van der Waals surface area contributed by atoms with E-state index < -0.39 is 15.9 Å². The first-order chi connectivity index (χ1) is 14.0. The van der Waals surface area contributed by atoms with Crippen molar-refractivity contribution in [2.24, 2.45) is 0 Å². The number of carbonyl (C=O) groups excluding carboxylic acids is 1. The van der Waals surface area contributed by atoms with Gasteiger partial charge in [-0.15, -0.1) is 0 Å². The lowest BCUT2D eigenvalue weighted by molar-refractivity contribution is 0.0869. The van der Waals surface area contributed by atoms with Crippen molar-refractivity contribution in [1.29, 1.82) is 0 Å². The van der Waals surface area contributed by atoms with Gasteiger partial charge in [0.15, 0.2) is 0 Å². The van der Waals surface area contributed by atoms with Crippen LogP contribution in [-0.4, -0.2) is 49.5 Å². The fourth-order valence-corrected chi connectivity index (χ4v) is 5.40. The molecule has 2 aliphatic heterocycles. The molecule has 0 spiro atoms. The number of benzene rings is 2. The molecule has 2 aliphatic rings. The Bertz CT molecular complexity index is 1020. The summed E-state index contributed by atoms with van der Waals surface area (Å²) in [6, 6.07) is 11.5. The highest BCUT2D eigenvalue weighted by Gasteiger charge is 2.40. The number of rotatable bonds is 7. The number of amides is 1. The molecule has 154 valence electrons. The van der Waals surface area contributed by atoms with Crippen molar-refractivity contribution < 1.29 is 23.1 Å². The Morgan fingerprint density at radius 2 is 2.03 bits per heavy atom. The van der Waals surface area contributed by atoms with Gasteiger partial charge in [0.25, 0.3) is 15.9 Å². The summed E-state index contributed by atoms with van der Waals surface area (Å²) >= 11 is 0. The lowest BCUT2D eigenvalue weighted by Gasteiger charge is -2.26. The van der Waals surface area contributed by atoms with Crippen LogP contribution in [0.15, 0.2) is 47.4 Å². The minimum absolute atomic E-state index is 0.0714. The van der Waals surface area contributed by atoms with E-state index in [0.717, 1.165) is 41.4 Å². The topological polar surface area (TPSA) is 95.9 Å². The Labute approximate surface area is 170 Å². The summed E-state index contributed by atoms with van der Waals surface area (Å²) in [6.45, 7) is 1.61. The first kappa shape index (κ1) is 19.7. The quantitative estimate of drug-likeness (QED) is 0.670. The third-order valence-corrected chi connectivity index (χ3v) is 7.16. The molecule has 2 aromatic carbocycles. The zero-order valence-electron chi connectivity index (χ0n) is 16.0. The van der Waals surface area contributed by atoms with Gasteiger partial charge in [0.2, 0.25) is 0 Å². The third kappa shape index (κ3) is 3.95. The molecule has 1 amide bonds. The Morgan fingerprint density at radius 1 is 1.21 bits per heavy atom. The summed E-state index contributed by atoms with van der Waals surface area (Å²) in [5.41, 5.74) is 1.28. The molecule has 0 saturated heterocycles. The van der Waals surface area contributed by atoms with Gasteiger partial charge < -0.3 is 15.2 Å². The van der Waals surface area contributed by atoms with E-state index in [1.165, 1.54) is 6.07 Å². The van der Waals surface area contributed by atoms with Gasteiger partial charge in [0.1, 0.15) is 22.5 Å². The summed E-state index contributed by atoms with van der Waals surface area (Å²) in [5, 5.41) is 12.9. The first-order valence-electron chi connectivity index (χ1n) is 9.82. The molecule has 0 fully saturated rings. The van der Waals surface area contributed by atoms with Gasteiger partial charge in [-0.3, -0.25) is 4.79 Å². The van der Waals surface area contributed by atoms with E-state index in [0.29, 0.717) is 13.0 Å². The minimum atomic E-state index is -3.71. The number of nitrogens with zero attached hydrogens (tertiary/aromatic N) is 1. The molecule has 4 rings (SSSR count). The third-order valence-electron chi connectivity index (χ3n) is 5.32. The average Bonchev–Trinajstić information content (AvgIpc) is 2.91. The molecular formula is C21H24N2O5S. The molecule has 2 aromatic rings. The van der Waals surface area contributed by atoms with Crippen molar-refractivity contribution in [3.05, 3.63) is 53.6 Å². The number of nitrogens with one attached hydrogen (secondary N) is 1. The summed E-state index contributed by atoms with van der Waals surface area (Å²) in [7, 11) is -3.71. The number of fused-ring (bicyclic) bond motifs is 2. The summed E-state index contributed by atoms with van der Waals surface area (Å²) in [4.78, 5) is 12.5. The van der Waals surface area contributed by atoms with Crippen LogP contribution >= 0.6 is 0 Å². The Hall–Kier alpha value is -2.58. The standard InChI is InChI=1S/C21H24N2O5S/c24-16-8-10-19-15(13-16)7-9-17(28-19)14-22-11-3-4-12-23-21(25)18-5-1-2-6-20(18)29(23,26)27/h1-2,5-6,8,10,13,17,22,24H,3-4,7,9,11-12,14H2/t17-/m1/s1/i7+2. The Kier molecular flexibility index (Phi) is 5.47. The van der Waals surface area contributed by atoms with Gasteiger partial charge in [0, 0.05) is 13.1 Å². The van der Waals surface area contributed by atoms with E-state index in [1.54, 1.807) is 36.4 Å². The number of hydrogen-bond donors (Lipinski definition) is 2. The van der Waals surface area contributed by atoms with Crippen molar-refractivity contribution in [2.75, 3.05) is 19.6 Å². The second kappa shape index (κ2) is 8.04. The molecule has 29 heavy (non-hydrogen) atoms. The lowest BCUT2D eigenvalue weighted by Crippen LogP contribution is -2.35. The maximum atomic E-state index is 12.5. The molecule has 1 atom stereocenters. The van der Waals surface area contributed by atoms with Crippen LogP contribution < -0.4 is 10.1 Å². The first-order valence-corrected chi connectivity index (χ1v) is 11.3. The fourth-order valence-electron chi connectivity index (χ4n) is 3.80. The van der Waals surface area contributed by atoms with Crippen LogP contribution in [0.2, 0.25) is 0 Å². The van der Waals surface area contributed by atoms with Crippen LogP contribution in [0.3, 0.4) is 0 Å². The number of aromatic hydroxyl groups is 1. The number of aryl methyl sites for hydroxylation is 1. The van der Waals surface area contributed by atoms with E-state index >= 15 is 0 Å². The number of unbranched alkanes of at least 4 members (excludes halogenated alkanes) is 1. The molecule has 0 aliphatic carbocycles. The Balaban J connectivity index is 1.20. The van der Waals surface area contributed by atoms with Gasteiger partial charge >= 0.3 is 0 Å². The van der Waals surface area contributed by atoms with Crippen molar-refractivity contribution in [1.82, 2.24) is 9.62 Å². The number of ether oxygens (including phenoxy) is 1. The van der Waals surface area contributed by atoms with Gasteiger partial charge in [-0.2, -0.15) is 0 Å². The van der Waals surface area contributed by atoms with Gasteiger partial charge in [-0.25, -0.2) is 12.7 Å².